The molecule has 5 nitrogen and oxygen atoms in total. The van der Waals surface area contributed by atoms with Gasteiger partial charge in [-0.1, -0.05) is 42.5 Å². The van der Waals surface area contributed by atoms with E-state index >= 15 is 0 Å². The van der Waals surface area contributed by atoms with Gasteiger partial charge in [-0.05, 0) is 25.3 Å². The number of aliphatic hydroxyl groups is 1. The van der Waals surface area contributed by atoms with Crippen LogP contribution in [0.2, 0.25) is 0 Å². The smallest absolute Gasteiger partial charge is 0.317 e. The highest BCUT2D eigenvalue weighted by atomic mass is 16.3. The van der Waals surface area contributed by atoms with Crippen LogP contribution in [-0.4, -0.2) is 65.8 Å². The molecule has 2 amide bonds. The number of nitrogens with zero attached hydrogens (tertiary/aromatic N) is 2. The minimum absolute atomic E-state index is 0.0150. The summed E-state index contributed by atoms with van der Waals surface area (Å²) in [6.07, 6.45) is 5.70. The maximum Gasteiger partial charge on any atom is 0.317 e. The van der Waals surface area contributed by atoms with Gasteiger partial charge in [0.15, 0.2) is 0 Å². The van der Waals surface area contributed by atoms with Gasteiger partial charge in [-0.2, -0.15) is 0 Å². The molecule has 0 radical (unpaired) electrons. The normalized spacial score (nSPS) is 23.0. The van der Waals surface area contributed by atoms with Gasteiger partial charge in [0.1, 0.15) is 0 Å². The van der Waals surface area contributed by atoms with Crippen molar-refractivity contribution in [3.05, 3.63) is 48.0 Å². The van der Waals surface area contributed by atoms with Crippen molar-refractivity contribution in [2.45, 2.75) is 37.8 Å². The number of nitrogens with one attached hydrogen (secondary N) is 1. The largest absolute Gasteiger partial charge is 0.393 e. The maximum atomic E-state index is 12.5. The minimum atomic E-state index is -0.388. The lowest BCUT2D eigenvalue weighted by atomic mass is 9.93. The summed E-state index contributed by atoms with van der Waals surface area (Å²) in [6, 6.07) is 10.6. The third-order valence-corrected chi connectivity index (χ3v) is 5.21. The van der Waals surface area contributed by atoms with E-state index in [1.165, 1.54) is 0 Å². The first-order valence-electron chi connectivity index (χ1n) is 9.28. The van der Waals surface area contributed by atoms with E-state index in [2.05, 4.69) is 34.5 Å². The fraction of sp³-hybridized carbons (Fsp3) is 0.550. The number of hydrogen-bond donors (Lipinski definition) is 2. The summed E-state index contributed by atoms with van der Waals surface area (Å²) in [4.78, 5) is 16.9. The first kappa shape index (κ1) is 18.0. The summed E-state index contributed by atoms with van der Waals surface area (Å²) in [5.41, 5.74) is 1.16. The van der Waals surface area contributed by atoms with Crippen molar-refractivity contribution in [2.24, 2.45) is 0 Å². The fourth-order valence-electron chi connectivity index (χ4n) is 3.81. The first-order valence-corrected chi connectivity index (χ1v) is 9.28. The van der Waals surface area contributed by atoms with Crippen LogP contribution >= 0.6 is 0 Å². The molecule has 2 aliphatic rings. The molecule has 3 atom stereocenters. The van der Waals surface area contributed by atoms with Crippen molar-refractivity contribution >= 4 is 6.03 Å². The average molecular weight is 343 g/mol. The highest BCUT2D eigenvalue weighted by Crippen LogP contribution is 2.21. The van der Waals surface area contributed by atoms with Crippen LogP contribution in [0, 0.1) is 0 Å². The minimum Gasteiger partial charge on any atom is -0.393 e. The molecule has 3 rings (SSSR count). The SMILES string of the molecule is CC(O)CC(CNC(=O)N1CCC(N2CC=CC2)C1)c1ccccc1. The summed E-state index contributed by atoms with van der Waals surface area (Å²) in [5, 5.41) is 12.9. The third kappa shape index (κ3) is 4.83. The van der Waals surface area contributed by atoms with Gasteiger partial charge in [-0.15, -0.1) is 0 Å². The Labute approximate surface area is 150 Å². The molecule has 136 valence electrons. The van der Waals surface area contributed by atoms with Crippen LogP contribution in [0.25, 0.3) is 0 Å². The summed E-state index contributed by atoms with van der Waals surface area (Å²) in [5.74, 6) is 0.131. The van der Waals surface area contributed by atoms with Gasteiger partial charge in [0.2, 0.25) is 0 Å². The molecular formula is C20H29N3O2. The first-order chi connectivity index (χ1) is 12.1. The molecule has 0 bridgehead atoms. The number of benzene rings is 1. The molecule has 1 fully saturated rings. The van der Waals surface area contributed by atoms with Gasteiger partial charge in [0.05, 0.1) is 6.10 Å². The lowest BCUT2D eigenvalue weighted by Gasteiger charge is -2.25. The summed E-state index contributed by atoms with van der Waals surface area (Å²) < 4.78 is 0. The predicted molar refractivity (Wildman–Crippen MR) is 99.6 cm³/mol. The topological polar surface area (TPSA) is 55.8 Å². The van der Waals surface area contributed by atoms with Crippen LogP contribution in [0.3, 0.4) is 0 Å². The number of urea groups is 1. The lowest BCUT2D eigenvalue weighted by molar-refractivity contribution is 0.171. The molecule has 3 unspecified atom stereocenters. The molecule has 0 saturated carbocycles. The Balaban J connectivity index is 1.51. The zero-order chi connectivity index (χ0) is 17.6. The van der Waals surface area contributed by atoms with Gasteiger partial charge >= 0.3 is 6.03 Å². The second-order valence-electron chi connectivity index (χ2n) is 7.19. The van der Waals surface area contributed by atoms with Crippen molar-refractivity contribution in [3.8, 4) is 0 Å². The molecule has 2 heterocycles. The Bertz CT molecular complexity index is 580. The van der Waals surface area contributed by atoms with Gasteiger partial charge < -0.3 is 15.3 Å². The number of carbonyl (C=O) groups excluding carboxylic acids is 1. The molecule has 25 heavy (non-hydrogen) atoms. The molecule has 2 N–H and O–H groups in total. The van der Waals surface area contributed by atoms with Crippen LogP contribution in [0.1, 0.15) is 31.2 Å². The zero-order valence-corrected chi connectivity index (χ0v) is 15.0. The zero-order valence-electron chi connectivity index (χ0n) is 15.0. The van der Waals surface area contributed by atoms with E-state index in [4.69, 9.17) is 0 Å². The Kier molecular flexibility index (Phi) is 6.10. The molecule has 1 aromatic rings. The average Bonchev–Trinajstić information content (AvgIpc) is 3.29. The van der Waals surface area contributed by atoms with Gasteiger partial charge in [-0.3, -0.25) is 4.90 Å². The maximum absolute atomic E-state index is 12.5. The van der Waals surface area contributed by atoms with E-state index in [0.717, 1.165) is 38.2 Å². The number of amides is 2. The van der Waals surface area contributed by atoms with E-state index in [-0.39, 0.29) is 18.1 Å². The van der Waals surface area contributed by atoms with E-state index in [0.29, 0.717) is 19.0 Å². The Hall–Kier alpha value is -1.85. The molecule has 0 spiro atoms. The van der Waals surface area contributed by atoms with Crippen molar-refractivity contribution in [2.75, 3.05) is 32.7 Å². The molecule has 1 saturated heterocycles. The quantitative estimate of drug-likeness (QED) is 0.779. The van der Waals surface area contributed by atoms with E-state index in [1.807, 2.05) is 23.1 Å². The number of likely N-dealkylation sites (tertiary alicyclic amines) is 1. The van der Waals surface area contributed by atoms with E-state index < -0.39 is 0 Å². The number of carbonyl (C=O) groups is 1. The summed E-state index contributed by atoms with van der Waals surface area (Å²) in [6.45, 7) is 5.99. The van der Waals surface area contributed by atoms with Crippen molar-refractivity contribution in [1.82, 2.24) is 15.1 Å². The van der Waals surface area contributed by atoms with E-state index in [1.54, 1.807) is 6.92 Å². The molecular weight excluding hydrogens is 314 g/mol. The standard InChI is InChI=1S/C20H29N3O2/c1-16(24)13-18(17-7-3-2-4-8-17)14-21-20(25)23-12-9-19(15-23)22-10-5-6-11-22/h2-8,16,18-19,24H,9-15H2,1H3,(H,21,25). The predicted octanol–water partition coefficient (Wildman–Crippen LogP) is 2.20. The molecule has 0 aromatic heterocycles. The number of aliphatic hydroxyl groups excluding tert-OH is 1. The molecule has 5 heteroatoms. The van der Waals surface area contributed by atoms with Crippen molar-refractivity contribution in [3.63, 3.8) is 0 Å². The van der Waals surface area contributed by atoms with Gasteiger partial charge in [-0.25, -0.2) is 4.79 Å². The number of rotatable bonds is 6. The number of hydrogen-bond acceptors (Lipinski definition) is 3. The Morgan fingerprint density at radius 1 is 1.28 bits per heavy atom. The van der Waals surface area contributed by atoms with Crippen LogP contribution in [0.4, 0.5) is 4.79 Å². The Morgan fingerprint density at radius 2 is 2.00 bits per heavy atom. The van der Waals surface area contributed by atoms with Gasteiger partial charge in [0, 0.05) is 44.7 Å². The van der Waals surface area contributed by atoms with Crippen LogP contribution < -0.4 is 5.32 Å². The van der Waals surface area contributed by atoms with E-state index in [9.17, 15) is 9.90 Å². The van der Waals surface area contributed by atoms with Crippen LogP contribution in [-0.2, 0) is 0 Å². The van der Waals surface area contributed by atoms with Crippen LogP contribution in [0.5, 0.6) is 0 Å². The van der Waals surface area contributed by atoms with Gasteiger partial charge in [0.25, 0.3) is 0 Å². The second kappa shape index (κ2) is 8.50. The monoisotopic (exact) mass is 343 g/mol. The second-order valence-corrected chi connectivity index (χ2v) is 7.19. The molecule has 0 aliphatic carbocycles. The van der Waals surface area contributed by atoms with Crippen LogP contribution in [0.15, 0.2) is 42.5 Å². The molecule has 1 aromatic carbocycles. The van der Waals surface area contributed by atoms with Crippen molar-refractivity contribution < 1.29 is 9.90 Å². The summed E-state index contributed by atoms with van der Waals surface area (Å²) in [7, 11) is 0. The fourth-order valence-corrected chi connectivity index (χ4v) is 3.81. The lowest BCUT2D eigenvalue weighted by Crippen LogP contribution is -2.43. The van der Waals surface area contributed by atoms with Crippen molar-refractivity contribution in [1.29, 1.82) is 0 Å². The third-order valence-electron chi connectivity index (χ3n) is 5.21. The molecule has 2 aliphatic heterocycles. The highest BCUT2D eigenvalue weighted by Gasteiger charge is 2.30. The highest BCUT2D eigenvalue weighted by molar-refractivity contribution is 5.74. The Morgan fingerprint density at radius 3 is 2.68 bits per heavy atom. The summed E-state index contributed by atoms with van der Waals surface area (Å²) >= 11 is 0.